The average Bonchev–Trinajstić information content (AvgIpc) is 3.29. The molecule has 19 heteroatoms. The van der Waals surface area contributed by atoms with Crippen LogP contribution in [0.5, 0.6) is 0 Å². The number of carbonyl (C=O) groups excluding carboxylic acids is 8. The molecule has 0 saturated carbocycles. The zero-order chi connectivity index (χ0) is 57.0. The Hall–Kier alpha value is -6.47. The standard InChI is InChI=1S/C57H83N7O11S/c1-36(2)50(63-53(71)42(26-27-47(66)73-55(5,6)7)61-51(69)41(58)34-48(67)74-56(8,9)10)54(72)62-43(35-49(68)75-57(11,12)13)52(70)60-30-29-59-46(65)25-15-14-20-31-64-32-28-39(40-22-17-18-23-44(40)64)33-38(4)76-45-24-19-16-21-37(45)3/h16-19,21-24,28,32-33,36,41-43,50H,4,14-15,20,25-27,29-31,34-35,58H2,1-3,5-13H3,(H,59,65)(H,60,70)(H,61,69)(H,62,72)(H,63,71)/b39-33-/t41-,42-,43-,50-/m0/s1. The number of para-hydroxylation sites is 1. The van der Waals surface area contributed by atoms with Gasteiger partial charge in [0.1, 0.15) is 34.9 Å². The number of unbranched alkanes of at least 4 members (excludes halogenated alkanes) is 2. The molecule has 76 heavy (non-hydrogen) atoms. The maximum Gasteiger partial charge on any atom is 0.308 e. The molecule has 0 bridgehead atoms. The van der Waals surface area contributed by atoms with Crippen LogP contribution in [-0.4, -0.2) is 108 Å². The number of rotatable bonds is 27. The van der Waals surface area contributed by atoms with Crippen molar-refractivity contribution in [1.29, 1.82) is 0 Å². The normalized spacial score (nSPS) is 14.6. The van der Waals surface area contributed by atoms with E-state index in [4.69, 9.17) is 19.9 Å². The summed E-state index contributed by atoms with van der Waals surface area (Å²) >= 11 is 1.65. The lowest BCUT2D eigenvalue weighted by Crippen LogP contribution is -2.59. The first-order valence-electron chi connectivity index (χ1n) is 26.0. The smallest absolute Gasteiger partial charge is 0.308 e. The second-order valence-electron chi connectivity index (χ2n) is 22.1. The fourth-order valence-corrected chi connectivity index (χ4v) is 8.50. The maximum atomic E-state index is 14.0. The molecule has 5 amide bonds. The molecule has 1 aliphatic heterocycles. The molecule has 0 spiro atoms. The zero-order valence-corrected chi connectivity index (χ0v) is 47.5. The van der Waals surface area contributed by atoms with Crippen LogP contribution in [0.15, 0.2) is 83.3 Å². The molecule has 418 valence electrons. The van der Waals surface area contributed by atoms with Gasteiger partial charge in [-0.1, -0.05) is 75.0 Å². The summed E-state index contributed by atoms with van der Waals surface area (Å²) in [6.07, 6.45) is 7.22. The van der Waals surface area contributed by atoms with Gasteiger partial charge in [0, 0.05) is 59.7 Å². The lowest BCUT2D eigenvalue weighted by atomic mass is 9.99. The molecular formula is C57H83N7O11S. The first-order valence-corrected chi connectivity index (χ1v) is 26.8. The Balaban J connectivity index is 1.58. The topological polar surface area (TPSA) is 254 Å². The predicted molar refractivity (Wildman–Crippen MR) is 296 cm³/mol. The van der Waals surface area contributed by atoms with Gasteiger partial charge >= 0.3 is 17.9 Å². The molecule has 18 nitrogen and oxygen atoms in total. The largest absolute Gasteiger partial charge is 0.460 e. The molecule has 0 saturated heterocycles. The van der Waals surface area contributed by atoms with Crippen LogP contribution >= 0.6 is 11.8 Å². The Kier molecular flexibility index (Phi) is 25.0. The van der Waals surface area contributed by atoms with Crippen molar-refractivity contribution < 1.29 is 52.6 Å². The number of nitrogens with two attached hydrogens (primary N) is 1. The number of nitrogens with zero attached hydrogens (tertiary/aromatic N) is 1. The average molecular weight is 1070 g/mol. The Morgan fingerprint density at radius 2 is 1.25 bits per heavy atom. The number of allylic oxidation sites excluding steroid dienone is 3. The number of anilines is 1. The second kappa shape index (κ2) is 29.7. The van der Waals surface area contributed by atoms with E-state index in [1.807, 2.05) is 24.3 Å². The van der Waals surface area contributed by atoms with E-state index in [1.165, 1.54) is 10.5 Å². The van der Waals surface area contributed by atoms with E-state index < -0.39 is 101 Å². The van der Waals surface area contributed by atoms with Crippen LogP contribution in [0.25, 0.3) is 5.57 Å². The van der Waals surface area contributed by atoms with Crippen LogP contribution in [0.2, 0.25) is 0 Å². The number of hydrogen-bond donors (Lipinski definition) is 6. The minimum Gasteiger partial charge on any atom is -0.460 e. The van der Waals surface area contributed by atoms with Gasteiger partial charge in [-0.05, 0) is 130 Å². The summed E-state index contributed by atoms with van der Waals surface area (Å²) in [5.74, 6) is -6.33. The SMILES string of the molecule is C=C(/C=C1/C=CN(CCCCCC(=O)NCCNC(=O)[C@H](CC(=O)OC(C)(C)C)NC(=O)[C@@H](NC(=O)[C@H](CCC(=O)OC(C)(C)C)NC(=O)[C@@H](N)CC(=O)OC(C)(C)C)C(C)C)c2ccccc21)Sc1ccccc1C. The highest BCUT2D eigenvalue weighted by atomic mass is 32.2. The van der Waals surface area contributed by atoms with E-state index in [-0.39, 0.29) is 38.3 Å². The van der Waals surface area contributed by atoms with Gasteiger partial charge in [-0.15, -0.1) is 0 Å². The van der Waals surface area contributed by atoms with E-state index in [2.05, 4.69) is 87.6 Å². The highest BCUT2D eigenvalue weighted by molar-refractivity contribution is 8.03. The van der Waals surface area contributed by atoms with Crippen LogP contribution in [0, 0.1) is 12.8 Å². The third kappa shape index (κ3) is 24.0. The quantitative estimate of drug-likeness (QED) is 0.0232. The maximum absolute atomic E-state index is 14.0. The van der Waals surface area contributed by atoms with Gasteiger partial charge in [0.2, 0.25) is 29.5 Å². The fraction of sp³-hybridized carbons (Fsp3) is 0.544. The Bertz CT molecular complexity index is 2430. The molecule has 0 radical (unpaired) electrons. The van der Waals surface area contributed by atoms with Gasteiger partial charge in [0.05, 0.1) is 18.9 Å². The minimum absolute atomic E-state index is 0.0280. The summed E-state index contributed by atoms with van der Waals surface area (Å²) in [6, 6.07) is 10.9. The van der Waals surface area contributed by atoms with E-state index in [9.17, 15) is 38.4 Å². The molecule has 7 N–H and O–H groups in total. The van der Waals surface area contributed by atoms with Gasteiger partial charge in [-0.2, -0.15) is 0 Å². The molecule has 3 rings (SSSR count). The number of esters is 3. The highest BCUT2D eigenvalue weighted by Gasteiger charge is 2.35. The molecule has 0 aromatic heterocycles. The third-order valence-corrected chi connectivity index (χ3v) is 12.2. The second-order valence-corrected chi connectivity index (χ2v) is 23.2. The van der Waals surface area contributed by atoms with Gasteiger partial charge in [0.15, 0.2) is 0 Å². The fourth-order valence-electron chi connectivity index (χ4n) is 7.66. The predicted octanol–water partition coefficient (Wildman–Crippen LogP) is 6.83. The van der Waals surface area contributed by atoms with Crippen LogP contribution in [0.1, 0.15) is 139 Å². The highest BCUT2D eigenvalue weighted by Crippen LogP contribution is 2.36. The molecular weight excluding hydrogens is 991 g/mol. The van der Waals surface area contributed by atoms with E-state index in [0.717, 1.165) is 41.1 Å². The lowest BCUT2D eigenvalue weighted by Gasteiger charge is -2.28. The molecule has 2 aromatic carbocycles. The van der Waals surface area contributed by atoms with Gasteiger partial charge < -0.3 is 51.4 Å². The summed E-state index contributed by atoms with van der Waals surface area (Å²) < 4.78 is 16.1. The monoisotopic (exact) mass is 1070 g/mol. The van der Waals surface area contributed by atoms with Crippen molar-refractivity contribution in [2.24, 2.45) is 11.7 Å². The summed E-state index contributed by atoms with van der Waals surface area (Å²) in [6.45, 7) is 25.4. The molecule has 4 atom stereocenters. The van der Waals surface area contributed by atoms with Crippen LogP contribution in [-0.2, 0) is 52.6 Å². The van der Waals surface area contributed by atoms with Crippen molar-refractivity contribution in [3.05, 3.63) is 89.5 Å². The van der Waals surface area contributed by atoms with E-state index in [0.29, 0.717) is 6.42 Å². The Morgan fingerprint density at radius 1 is 0.671 bits per heavy atom. The lowest BCUT2D eigenvalue weighted by molar-refractivity contribution is -0.157. The Morgan fingerprint density at radius 3 is 1.88 bits per heavy atom. The summed E-state index contributed by atoms with van der Waals surface area (Å²) in [7, 11) is 0. The van der Waals surface area contributed by atoms with Crippen molar-refractivity contribution in [1.82, 2.24) is 26.6 Å². The van der Waals surface area contributed by atoms with Crippen molar-refractivity contribution in [2.75, 3.05) is 24.5 Å². The van der Waals surface area contributed by atoms with Crippen molar-refractivity contribution in [2.45, 2.75) is 180 Å². The molecule has 2 aromatic rings. The first kappa shape index (κ1) is 63.8. The number of thioether (sulfide) groups is 1. The molecule has 1 heterocycles. The number of nitrogens with one attached hydrogen (secondary N) is 5. The van der Waals surface area contributed by atoms with Crippen molar-refractivity contribution in [3.63, 3.8) is 0 Å². The zero-order valence-electron chi connectivity index (χ0n) is 46.6. The van der Waals surface area contributed by atoms with Crippen molar-refractivity contribution >= 4 is 70.5 Å². The van der Waals surface area contributed by atoms with E-state index >= 15 is 0 Å². The van der Waals surface area contributed by atoms with Crippen molar-refractivity contribution in [3.8, 4) is 0 Å². The number of hydrogen-bond acceptors (Lipinski definition) is 14. The first-order chi connectivity index (χ1) is 35.4. The molecule has 0 aliphatic carbocycles. The minimum atomic E-state index is -1.46. The Labute approximate surface area is 453 Å². The number of aryl methyl sites for hydroxylation is 1. The summed E-state index contributed by atoms with van der Waals surface area (Å²) in [5.41, 5.74) is 7.95. The van der Waals surface area contributed by atoms with Gasteiger partial charge in [-0.3, -0.25) is 38.4 Å². The summed E-state index contributed by atoms with van der Waals surface area (Å²) in [5, 5.41) is 13.1. The molecule has 0 unspecified atom stereocenters. The number of ether oxygens (including phenoxy) is 3. The summed E-state index contributed by atoms with van der Waals surface area (Å²) in [4.78, 5) is 110. The van der Waals surface area contributed by atoms with E-state index in [1.54, 1.807) is 87.9 Å². The van der Waals surface area contributed by atoms with Crippen LogP contribution < -0.4 is 37.2 Å². The van der Waals surface area contributed by atoms with Crippen LogP contribution in [0.4, 0.5) is 5.69 Å². The van der Waals surface area contributed by atoms with Crippen LogP contribution in [0.3, 0.4) is 0 Å². The van der Waals surface area contributed by atoms with Gasteiger partial charge in [-0.25, -0.2) is 0 Å². The third-order valence-electron chi connectivity index (χ3n) is 11.2. The number of carbonyl (C=O) groups is 8. The number of fused-ring (bicyclic) bond motifs is 1. The number of benzene rings is 2. The van der Waals surface area contributed by atoms with Gasteiger partial charge in [0.25, 0.3) is 0 Å². The molecule has 1 aliphatic rings. The molecule has 0 fully saturated rings. The number of amides is 5.